The lowest BCUT2D eigenvalue weighted by Gasteiger charge is -2.44. The van der Waals surface area contributed by atoms with Crippen LogP contribution in [0.5, 0.6) is 0 Å². The lowest BCUT2D eigenvalue weighted by atomic mass is 9.88. The molecule has 72 valence electrons. The summed E-state index contributed by atoms with van der Waals surface area (Å²) in [7, 11) is 0. The highest BCUT2D eigenvalue weighted by Crippen LogP contribution is 2.28. The quantitative estimate of drug-likeness (QED) is 0.455. The summed E-state index contributed by atoms with van der Waals surface area (Å²) in [4.78, 5) is 0. The molecule has 4 heteroatoms. The minimum Gasteiger partial charge on any atom is -0.388 e. The van der Waals surface area contributed by atoms with Gasteiger partial charge in [-0.05, 0) is 20.8 Å². The van der Waals surface area contributed by atoms with Crippen LogP contribution in [0.25, 0.3) is 0 Å². The second-order valence-electron chi connectivity index (χ2n) is 3.85. The Hall–Kier alpha value is -0.160. The molecule has 1 fully saturated rings. The fourth-order valence-corrected chi connectivity index (χ4v) is 1.49. The monoisotopic (exact) mass is 176 g/mol. The van der Waals surface area contributed by atoms with Crippen molar-refractivity contribution in [2.45, 2.75) is 50.8 Å². The number of aliphatic hydroxyl groups excluding tert-OH is 3. The van der Waals surface area contributed by atoms with Gasteiger partial charge in [-0.3, -0.25) is 0 Å². The smallest absolute Gasteiger partial charge is 0.111 e. The van der Waals surface area contributed by atoms with Crippen molar-refractivity contribution in [3.8, 4) is 0 Å². The number of ether oxygens (including phenoxy) is 1. The maximum atomic E-state index is 9.46. The van der Waals surface area contributed by atoms with E-state index in [0.717, 1.165) is 0 Å². The summed E-state index contributed by atoms with van der Waals surface area (Å²) in [6.45, 7) is 5.04. The van der Waals surface area contributed by atoms with Gasteiger partial charge >= 0.3 is 0 Å². The summed E-state index contributed by atoms with van der Waals surface area (Å²) in [6.07, 6.45) is -3.61. The first-order valence-corrected chi connectivity index (χ1v) is 4.08. The standard InChI is InChI=1S/C8H16O4/c1-4-5(9)6(10)7(11)8(2,3)12-4/h4-7,9-11H,1-3H3/t4?,5-,6?,7-/m0/s1. The van der Waals surface area contributed by atoms with Crippen molar-refractivity contribution < 1.29 is 20.1 Å². The van der Waals surface area contributed by atoms with Crippen molar-refractivity contribution in [2.24, 2.45) is 0 Å². The molecule has 3 N–H and O–H groups in total. The van der Waals surface area contributed by atoms with Crippen LogP contribution in [0.15, 0.2) is 0 Å². The minimum atomic E-state index is -1.12. The molecule has 4 atom stereocenters. The van der Waals surface area contributed by atoms with Gasteiger partial charge in [0.25, 0.3) is 0 Å². The third kappa shape index (κ3) is 1.47. The Morgan fingerprint density at radius 3 is 2.08 bits per heavy atom. The molecule has 1 aliphatic heterocycles. The van der Waals surface area contributed by atoms with Crippen molar-refractivity contribution in [1.29, 1.82) is 0 Å². The number of hydrogen-bond acceptors (Lipinski definition) is 4. The molecule has 0 aromatic carbocycles. The molecule has 0 amide bonds. The molecule has 0 aromatic heterocycles. The minimum absolute atomic E-state index is 0.446. The van der Waals surface area contributed by atoms with Gasteiger partial charge in [-0.15, -0.1) is 0 Å². The highest BCUT2D eigenvalue weighted by molar-refractivity contribution is 4.95. The fraction of sp³-hybridized carbons (Fsp3) is 1.00. The van der Waals surface area contributed by atoms with Gasteiger partial charge < -0.3 is 20.1 Å². The van der Waals surface area contributed by atoms with Gasteiger partial charge in [0.2, 0.25) is 0 Å². The summed E-state index contributed by atoms with van der Waals surface area (Å²) < 4.78 is 5.31. The first-order valence-electron chi connectivity index (χ1n) is 4.08. The molecule has 0 bridgehead atoms. The van der Waals surface area contributed by atoms with E-state index in [9.17, 15) is 15.3 Å². The van der Waals surface area contributed by atoms with Gasteiger partial charge in [-0.2, -0.15) is 0 Å². The van der Waals surface area contributed by atoms with E-state index >= 15 is 0 Å². The third-order valence-electron chi connectivity index (χ3n) is 2.36. The van der Waals surface area contributed by atoms with Crippen LogP contribution in [0.2, 0.25) is 0 Å². The van der Waals surface area contributed by atoms with E-state index in [0.29, 0.717) is 0 Å². The fourth-order valence-electron chi connectivity index (χ4n) is 1.49. The Morgan fingerprint density at radius 1 is 1.08 bits per heavy atom. The van der Waals surface area contributed by atoms with E-state index < -0.39 is 30.0 Å². The van der Waals surface area contributed by atoms with Gasteiger partial charge in [-0.1, -0.05) is 0 Å². The third-order valence-corrected chi connectivity index (χ3v) is 2.36. The van der Waals surface area contributed by atoms with Crippen molar-refractivity contribution in [3.63, 3.8) is 0 Å². The second-order valence-corrected chi connectivity index (χ2v) is 3.85. The Kier molecular flexibility index (Phi) is 2.45. The molecule has 1 aliphatic rings. The number of hydrogen-bond donors (Lipinski definition) is 3. The van der Waals surface area contributed by atoms with Gasteiger partial charge in [0, 0.05) is 0 Å². The molecule has 1 rings (SSSR count). The zero-order valence-corrected chi connectivity index (χ0v) is 7.56. The van der Waals surface area contributed by atoms with Crippen LogP contribution < -0.4 is 0 Å². The van der Waals surface area contributed by atoms with Crippen LogP contribution in [0.1, 0.15) is 20.8 Å². The normalized spacial score (nSPS) is 47.5. The highest BCUT2D eigenvalue weighted by atomic mass is 16.5. The Morgan fingerprint density at radius 2 is 1.58 bits per heavy atom. The second kappa shape index (κ2) is 2.96. The van der Waals surface area contributed by atoms with E-state index in [1.807, 2.05) is 0 Å². The van der Waals surface area contributed by atoms with Crippen LogP contribution in [0, 0.1) is 0 Å². The molecule has 12 heavy (non-hydrogen) atoms. The van der Waals surface area contributed by atoms with E-state index in [1.165, 1.54) is 0 Å². The molecule has 1 heterocycles. The Bertz CT molecular complexity index is 168. The summed E-state index contributed by atoms with van der Waals surface area (Å²) >= 11 is 0. The van der Waals surface area contributed by atoms with Crippen molar-refractivity contribution in [3.05, 3.63) is 0 Å². The number of aliphatic hydroxyl groups is 3. The van der Waals surface area contributed by atoms with Crippen molar-refractivity contribution >= 4 is 0 Å². The Balaban J connectivity index is 2.78. The molecular weight excluding hydrogens is 160 g/mol. The lowest BCUT2D eigenvalue weighted by molar-refractivity contribution is -0.251. The van der Waals surface area contributed by atoms with Crippen LogP contribution in [-0.2, 0) is 4.74 Å². The van der Waals surface area contributed by atoms with Crippen LogP contribution >= 0.6 is 0 Å². The van der Waals surface area contributed by atoms with Gasteiger partial charge in [0.05, 0.1) is 11.7 Å². The topological polar surface area (TPSA) is 69.9 Å². The predicted octanol–water partition coefficient (Wildman–Crippen LogP) is -0.734. The molecule has 1 saturated heterocycles. The summed E-state index contributed by atoms with van der Waals surface area (Å²) in [5.74, 6) is 0. The molecule has 0 aromatic rings. The summed E-state index contributed by atoms with van der Waals surface area (Å²) in [6, 6.07) is 0. The molecular formula is C8H16O4. The first-order chi connectivity index (χ1) is 5.36. The largest absolute Gasteiger partial charge is 0.388 e. The van der Waals surface area contributed by atoms with E-state index in [2.05, 4.69) is 0 Å². The van der Waals surface area contributed by atoms with Crippen LogP contribution in [0.4, 0.5) is 0 Å². The summed E-state index contributed by atoms with van der Waals surface area (Å²) in [5.41, 5.74) is -0.794. The van der Waals surface area contributed by atoms with Gasteiger partial charge in [0.15, 0.2) is 0 Å². The molecule has 4 nitrogen and oxygen atoms in total. The maximum absolute atomic E-state index is 9.46. The van der Waals surface area contributed by atoms with Crippen LogP contribution in [0.3, 0.4) is 0 Å². The molecule has 2 unspecified atom stereocenters. The van der Waals surface area contributed by atoms with Crippen molar-refractivity contribution in [1.82, 2.24) is 0 Å². The van der Waals surface area contributed by atoms with E-state index in [1.54, 1.807) is 20.8 Å². The zero-order chi connectivity index (χ0) is 9.52. The average Bonchev–Trinajstić information content (AvgIpc) is 1.97. The highest BCUT2D eigenvalue weighted by Gasteiger charge is 2.46. The van der Waals surface area contributed by atoms with E-state index in [4.69, 9.17) is 4.74 Å². The van der Waals surface area contributed by atoms with Gasteiger partial charge in [-0.25, -0.2) is 0 Å². The van der Waals surface area contributed by atoms with Crippen LogP contribution in [-0.4, -0.2) is 45.3 Å². The SMILES string of the molecule is CC1OC(C)(C)[C@@H](O)C(O)[C@H]1O. The zero-order valence-electron chi connectivity index (χ0n) is 7.56. The maximum Gasteiger partial charge on any atom is 0.111 e. The first kappa shape index (κ1) is 9.92. The van der Waals surface area contributed by atoms with E-state index in [-0.39, 0.29) is 0 Å². The molecule has 0 radical (unpaired) electrons. The average molecular weight is 176 g/mol. The summed E-state index contributed by atoms with van der Waals surface area (Å²) in [5, 5.41) is 28.1. The Labute approximate surface area is 71.8 Å². The predicted molar refractivity (Wildman–Crippen MR) is 42.6 cm³/mol. The molecule has 0 aliphatic carbocycles. The van der Waals surface area contributed by atoms with Crippen molar-refractivity contribution in [2.75, 3.05) is 0 Å². The lowest BCUT2D eigenvalue weighted by Crippen LogP contribution is -2.61. The number of rotatable bonds is 0. The molecule has 0 saturated carbocycles. The molecule has 0 spiro atoms. The van der Waals surface area contributed by atoms with Gasteiger partial charge in [0.1, 0.15) is 18.3 Å².